The van der Waals surface area contributed by atoms with Crippen molar-refractivity contribution in [1.82, 2.24) is 29.5 Å². The number of nitrogens with zero attached hydrogens (tertiary/aromatic N) is 5. The number of imidazole rings is 1. The van der Waals surface area contributed by atoms with Crippen LogP contribution in [0.2, 0.25) is 0 Å². The van der Waals surface area contributed by atoms with Crippen molar-refractivity contribution < 1.29 is 0 Å². The van der Waals surface area contributed by atoms with Crippen LogP contribution in [0.25, 0.3) is 16.8 Å². The number of nitrogens with two attached hydrogens (primary N) is 1. The first-order chi connectivity index (χ1) is 9.49. The summed E-state index contributed by atoms with van der Waals surface area (Å²) in [5.74, 6) is 1.02. The summed E-state index contributed by atoms with van der Waals surface area (Å²) in [5.41, 5.74) is 8.31. The highest BCUT2D eigenvalue weighted by atomic mass is 15.3. The molecule has 0 saturated carbocycles. The first kappa shape index (κ1) is 13.0. The fraction of sp³-hybridized carbons (Fsp3) is 0.538. The molecule has 20 heavy (non-hydrogen) atoms. The first-order valence-electron chi connectivity index (χ1n) is 6.72. The van der Waals surface area contributed by atoms with E-state index in [-0.39, 0.29) is 11.3 Å². The summed E-state index contributed by atoms with van der Waals surface area (Å²) in [6, 6.07) is 0. The molecular formula is C13H19N7. The van der Waals surface area contributed by atoms with Gasteiger partial charge in [0.1, 0.15) is 17.7 Å². The molecule has 0 aliphatic rings. The zero-order valence-corrected chi connectivity index (χ0v) is 12.0. The molecule has 3 aromatic heterocycles. The Morgan fingerprint density at radius 3 is 2.80 bits per heavy atom. The minimum atomic E-state index is 0.159. The van der Waals surface area contributed by atoms with Crippen LogP contribution in [0, 0.1) is 5.41 Å². The second-order valence-corrected chi connectivity index (χ2v) is 6.29. The summed E-state index contributed by atoms with van der Waals surface area (Å²) in [5, 5.41) is 8.59. The molecule has 3 aromatic rings. The van der Waals surface area contributed by atoms with Crippen molar-refractivity contribution in [2.24, 2.45) is 11.1 Å². The number of hydrogen-bond donors (Lipinski definition) is 2. The van der Waals surface area contributed by atoms with E-state index in [0.717, 1.165) is 23.4 Å². The van der Waals surface area contributed by atoms with Gasteiger partial charge < -0.3 is 10.7 Å². The standard InChI is InChI=1S/C13H19N7/c1-13(2,3)4-8(5-14)11-18-19-12-9-10(16-6-15-9)17-7-20(11)12/h6-8H,4-5,14H2,1-3H3,(H,15,16). The van der Waals surface area contributed by atoms with Crippen LogP contribution in [-0.4, -0.2) is 36.1 Å². The summed E-state index contributed by atoms with van der Waals surface area (Å²) in [4.78, 5) is 11.5. The van der Waals surface area contributed by atoms with Gasteiger partial charge in [0, 0.05) is 12.5 Å². The van der Waals surface area contributed by atoms with Gasteiger partial charge in [0.25, 0.3) is 0 Å². The zero-order valence-electron chi connectivity index (χ0n) is 12.0. The maximum atomic E-state index is 5.93. The minimum absolute atomic E-state index is 0.159. The number of aromatic nitrogens is 6. The van der Waals surface area contributed by atoms with Gasteiger partial charge in [0.15, 0.2) is 11.3 Å². The van der Waals surface area contributed by atoms with E-state index in [1.807, 2.05) is 4.40 Å². The van der Waals surface area contributed by atoms with E-state index in [1.165, 1.54) is 0 Å². The normalized spacial score (nSPS) is 14.2. The van der Waals surface area contributed by atoms with Crippen molar-refractivity contribution in [3.8, 4) is 0 Å². The van der Waals surface area contributed by atoms with E-state index >= 15 is 0 Å². The molecule has 0 bridgehead atoms. The molecule has 0 aliphatic carbocycles. The Labute approximate surface area is 116 Å². The van der Waals surface area contributed by atoms with Gasteiger partial charge in [-0.3, -0.25) is 4.40 Å². The summed E-state index contributed by atoms with van der Waals surface area (Å²) >= 11 is 0. The zero-order chi connectivity index (χ0) is 14.3. The lowest BCUT2D eigenvalue weighted by molar-refractivity contribution is 0.335. The summed E-state index contributed by atoms with van der Waals surface area (Å²) in [6.07, 6.45) is 4.28. The lowest BCUT2D eigenvalue weighted by Crippen LogP contribution is -2.21. The molecule has 0 radical (unpaired) electrons. The Morgan fingerprint density at radius 1 is 1.30 bits per heavy atom. The third kappa shape index (κ3) is 2.14. The number of H-pyrrole nitrogens is 1. The minimum Gasteiger partial charge on any atom is -0.340 e. The maximum absolute atomic E-state index is 5.93. The maximum Gasteiger partial charge on any atom is 0.189 e. The molecule has 0 aliphatic heterocycles. The third-order valence-corrected chi connectivity index (χ3v) is 3.37. The van der Waals surface area contributed by atoms with Crippen LogP contribution in [0.4, 0.5) is 0 Å². The quantitative estimate of drug-likeness (QED) is 0.753. The van der Waals surface area contributed by atoms with Crippen LogP contribution in [0.5, 0.6) is 0 Å². The number of aromatic amines is 1. The van der Waals surface area contributed by atoms with E-state index in [4.69, 9.17) is 5.73 Å². The van der Waals surface area contributed by atoms with Crippen LogP contribution < -0.4 is 5.73 Å². The molecule has 7 heteroatoms. The van der Waals surface area contributed by atoms with Crippen LogP contribution >= 0.6 is 0 Å². The largest absolute Gasteiger partial charge is 0.340 e. The Bertz CT molecular complexity index is 734. The average Bonchev–Trinajstić information content (AvgIpc) is 2.99. The number of rotatable bonds is 3. The van der Waals surface area contributed by atoms with Crippen molar-refractivity contribution in [3.63, 3.8) is 0 Å². The Morgan fingerprint density at radius 2 is 2.10 bits per heavy atom. The van der Waals surface area contributed by atoms with Gasteiger partial charge in [-0.15, -0.1) is 10.2 Å². The van der Waals surface area contributed by atoms with Crippen molar-refractivity contribution in [1.29, 1.82) is 0 Å². The van der Waals surface area contributed by atoms with Crippen molar-refractivity contribution >= 4 is 16.8 Å². The highest BCUT2D eigenvalue weighted by molar-refractivity contribution is 5.84. The van der Waals surface area contributed by atoms with Crippen molar-refractivity contribution in [3.05, 3.63) is 18.5 Å². The van der Waals surface area contributed by atoms with E-state index < -0.39 is 0 Å². The molecule has 7 nitrogen and oxygen atoms in total. The SMILES string of the molecule is CC(C)(C)CC(CN)c1nnc2c3[nH]cnc3ncn12. The molecule has 0 aromatic carbocycles. The van der Waals surface area contributed by atoms with E-state index in [0.29, 0.717) is 12.2 Å². The monoisotopic (exact) mass is 273 g/mol. The molecule has 0 saturated heterocycles. The van der Waals surface area contributed by atoms with Crippen LogP contribution in [0.15, 0.2) is 12.7 Å². The van der Waals surface area contributed by atoms with Crippen molar-refractivity contribution in [2.45, 2.75) is 33.1 Å². The highest BCUT2D eigenvalue weighted by Gasteiger charge is 2.24. The molecule has 3 heterocycles. The van der Waals surface area contributed by atoms with Crippen LogP contribution in [0.3, 0.4) is 0 Å². The lowest BCUT2D eigenvalue weighted by Gasteiger charge is -2.23. The molecule has 3 N–H and O–H groups in total. The Hall–Kier alpha value is -2.02. The van der Waals surface area contributed by atoms with E-state index in [9.17, 15) is 0 Å². The molecule has 1 atom stereocenters. The average molecular weight is 273 g/mol. The molecule has 3 rings (SSSR count). The third-order valence-electron chi connectivity index (χ3n) is 3.37. The van der Waals surface area contributed by atoms with Gasteiger partial charge in [-0.25, -0.2) is 9.97 Å². The molecule has 106 valence electrons. The summed E-state index contributed by atoms with van der Waals surface area (Å²) in [6.45, 7) is 7.14. The highest BCUT2D eigenvalue weighted by Crippen LogP contribution is 2.30. The number of hydrogen-bond acceptors (Lipinski definition) is 5. The molecule has 1 unspecified atom stereocenters. The molecule has 0 fully saturated rings. The van der Waals surface area contributed by atoms with E-state index in [1.54, 1.807) is 12.7 Å². The molecule has 0 amide bonds. The van der Waals surface area contributed by atoms with Crippen LogP contribution in [0.1, 0.15) is 38.9 Å². The first-order valence-corrected chi connectivity index (χ1v) is 6.72. The Balaban J connectivity index is 2.11. The van der Waals surface area contributed by atoms with E-state index in [2.05, 4.69) is 45.9 Å². The smallest absolute Gasteiger partial charge is 0.189 e. The Kier molecular flexibility index (Phi) is 2.93. The topological polar surface area (TPSA) is 97.8 Å². The van der Waals surface area contributed by atoms with Crippen molar-refractivity contribution in [2.75, 3.05) is 6.54 Å². The van der Waals surface area contributed by atoms with Gasteiger partial charge in [-0.2, -0.15) is 0 Å². The van der Waals surface area contributed by atoms with Gasteiger partial charge in [0.2, 0.25) is 0 Å². The summed E-state index contributed by atoms with van der Waals surface area (Å²) in [7, 11) is 0. The second-order valence-electron chi connectivity index (χ2n) is 6.29. The van der Waals surface area contributed by atoms with Gasteiger partial charge in [-0.1, -0.05) is 20.8 Å². The van der Waals surface area contributed by atoms with Gasteiger partial charge in [0.05, 0.1) is 6.33 Å². The molecular weight excluding hydrogens is 254 g/mol. The number of nitrogens with one attached hydrogen (secondary N) is 1. The fourth-order valence-electron chi connectivity index (χ4n) is 2.55. The summed E-state index contributed by atoms with van der Waals surface area (Å²) < 4.78 is 1.91. The predicted molar refractivity (Wildman–Crippen MR) is 76.3 cm³/mol. The lowest BCUT2D eigenvalue weighted by atomic mass is 9.84. The van der Waals surface area contributed by atoms with Gasteiger partial charge >= 0.3 is 0 Å². The molecule has 0 spiro atoms. The fourth-order valence-corrected chi connectivity index (χ4v) is 2.55. The predicted octanol–water partition coefficient (Wildman–Crippen LogP) is 1.48. The van der Waals surface area contributed by atoms with Gasteiger partial charge in [-0.05, 0) is 11.8 Å². The number of fused-ring (bicyclic) bond motifs is 3. The second kappa shape index (κ2) is 4.52. The van der Waals surface area contributed by atoms with Crippen LogP contribution in [-0.2, 0) is 0 Å².